The highest BCUT2D eigenvalue weighted by Crippen LogP contribution is 2.27. The van der Waals surface area contributed by atoms with Crippen LogP contribution in [0.15, 0.2) is 0 Å². The Morgan fingerprint density at radius 2 is 1.85 bits per heavy atom. The van der Waals surface area contributed by atoms with Crippen LogP contribution >= 0.6 is 0 Å². The molecular weight excluding hydrogens is 176 g/mol. The van der Waals surface area contributed by atoms with Crippen molar-refractivity contribution < 1.29 is 24.6 Å². The Morgan fingerprint density at radius 1 is 1.23 bits per heavy atom. The van der Waals surface area contributed by atoms with Crippen LogP contribution in [0.5, 0.6) is 0 Å². The summed E-state index contributed by atoms with van der Waals surface area (Å²) in [6.07, 6.45) is 0.929. The van der Waals surface area contributed by atoms with Gasteiger partial charge in [-0.25, -0.2) is 0 Å². The monoisotopic (exact) mass is 186 g/mol. The molecule has 0 aliphatic heterocycles. The highest BCUT2D eigenvalue weighted by molar-refractivity contribution is 6.02. The summed E-state index contributed by atoms with van der Waals surface area (Å²) in [6.45, 7) is 0. The minimum atomic E-state index is -1.34. The predicted molar refractivity (Wildman–Crippen MR) is 41.1 cm³/mol. The molecule has 2 N–H and O–H groups in total. The predicted octanol–water partition coefficient (Wildman–Crippen LogP) is 0.141. The van der Waals surface area contributed by atoms with E-state index >= 15 is 0 Å². The van der Waals surface area contributed by atoms with E-state index in [-0.39, 0.29) is 12.8 Å². The molecule has 5 nitrogen and oxygen atoms in total. The van der Waals surface area contributed by atoms with Gasteiger partial charge in [0.1, 0.15) is 11.7 Å². The summed E-state index contributed by atoms with van der Waals surface area (Å²) in [5, 5.41) is 17.3. The number of carbonyl (C=O) groups is 3. The third-order valence-electron chi connectivity index (χ3n) is 2.27. The van der Waals surface area contributed by atoms with Gasteiger partial charge in [-0.1, -0.05) is 0 Å². The standard InChI is InChI=1S/C8H10O5/c9-5-3-1-2-4(7(10)11)6(5)8(12)13/h4,6H,1-3H2,(H,10,11)(H,12,13). The average Bonchev–Trinajstić information content (AvgIpc) is 2.02. The molecule has 0 amide bonds. The molecule has 0 bridgehead atoms. The van der Waals surface area contributed by atoms with Crippen molar-refractivity contribution in [1.29, 1.82) is 0 Å². The Labute approximate surface area is 74.4 Å². The van der Waals surface area contributed by atoms with Gasteiger partial charge in [-0.05, 0) is 12.8 Å². The molecule has 1 aliphatic rings. The van der Waals surface area contributed by atoms with Crippen molar-refractivity contribution in [3.63, 3.8) is 0 Å². The Kier molecular flexibility index (Phi) is 2.65. The molecule has 0 heterocycles. The molecule has 72 valence electrons. The van der Waals surface area contributed by atoms with Crippen molar-refractivity contribution in [2.75, 3.05) is 0 Å². The molecular formula is C8H10O5. The van der Waals surface area contributed by atoms with Crippen LogP contribution in [0, 0.1) is 11.8 Å². The topological polar surface area (TPSA) is 91.7 Å². The van der Waals surface area contributed by atoms with Crippen molar-refractivity contribution in [3.8, 4) is 0 Å². The zero-order valence-electron chi connectivity index (χ0n) is 6.90. The zero-order chi connectivity index (χ0) is 10.0. The lowest BCUT2D eigenvalue weighted by atomic mass is 9.78. The summed E-state index contributed by atoms with van der Waals surface area (Å²) in [7, 11) is 0. The first-order valence-electron chi connectivity index (χ1n) is 4.02. The van der Waals surface area contributed by atoms with Crippen LogP contribution in [0.1, 0.15) is 19.3 Å². The molecule has 1 aliphatic carbocycles. The van der Waals surface area contributed by atoms with Crippen molar-refractivity contribution in [3.05, 3.63) is 0 Å². The summed E-state index contributed by atoms with van der Waals surface area (Å²) in [5.41, 5.74) is 0. The number of carbonyl (C=O) groups excluding carboxylic acids is 1. The van der Waals surface area contributed by atoms with Crippen LogP contribution in [0.3, 0.4) is 0 Å². The third-order valence-corrected chi connectivity index (χ3v) is 2.27. The van der Waals surface area contributed by atoms with Crippen molar-refractivity contribution in [2.45, 2.75) is 19.3 Å². The van der Waals surface area contributed by atoms with Crippen LogP contribution in [-0.2, 0) is 14.4 Å². The summed E-state index contributed by atoms with van der Waals surface area (Å²) in [4.78, 5) is 32.3. The maximum atomic E-state index is 11.1. The van der Waals surface area contributed by atoms with Gasteiger partial charge in [0.25, 0.3) is 0 Å². The molecule has 0 aromatic rings. The number of carboxylic acids is 2. The summed E-state index contributed by atoms with van der Waals surface area (Å²) >= 11 is 0. The summed E-state index contributed by atoms with van der Waals surface area (Å²) < 4.78 is 0. The molecule has 0 saturated heterocycles. The normalized spacial score (nSPS) is 28.5. The number of hydrogen-bond donors (Lipinski definition) is 2. The molecule has 1 fully saturated rings. The van der Waals surface area contributed by atoms with Crippen molar-refractivity contribution in [1.82, 2.24) is 0 Å². The van der Waals surface area contributed by atoms with Crippen LogP contribution in [0.2, 0.25) is 0 Å². The van der Waals surface area contributed by atoms with Gasteiger partial charge in [-0.15, -0.1) is 0 Å². The number of rotatable bonds is 2. The van der Waals surface area contributed by atoms with Gasteiger partial charge in [-0.3, -0.25) is 14.4 Å². The lowest BCUT2D eigenvalue weighted by Crippen LogP contribution is -2.38. The summed E-state index contributed by atoms with van der Waals surface area (Å²) in [5.74, 6) is -5.37. The minimum absolute atomic E-state index is 0.181. The van der Waals surface area contributed by atoms with Crippen molar-refractivity contribution >= 4 is 17.7 Å². The molecule has 2 unspecified atom stereocenters. The van der Waals surface area contributed by atoms with E-state index < -0.39 is 29.6 Å². The van der Waals surface area contributed by atoms with Gasteiger partial charge >= 0.3 is 11.9 Å². The Hall–Kier alpha value is -1.39. The quantitative estimate of drug-likeness (QED) is 0.598. The molecule has 13 heavy (non-hydrogen) atoms. The highest BCUT2D eigenvalue weighted by atomic mass is 16.4. The van der Waals surface area contributed by atoms with E-state index in [4.69, 9.17) is 10.2 Å². The number of carboxylic acid groups (broad SMARTS) is 2. The SMILES string of the molecule is O=C(O)C1CCCC(=O)C1C(=O)O. The fourth-order valence-electron chi connectivity index (χ4n) is 1.62. The van der Waals surface area contributed by atoms with Gasteiger partial charge in [0.15, 0.2) is 0 Å². The van der Waals surface area contributed by atoms with E-state index in [2.05, 4.69) is 0 Å². The molecule has 0 aromatic carbocycles. The first kappa shape index (κ1) is 9.70. The van der Waals surface area contributed by atoms with E-state index in [1.54, 1.807) is 0 Å². The van der Waals surface area contributed by atoms with Crippen LogP contribution in [-0.4, -0.2) is 27.9 Å². The maximum absolute atomic E-state index is 11.1. The molecule has 1 rings (SSSR count). The number of Topliss-reactive ketones (excluding diaryl/α,β-unsaturated/α-hetero) is 1. The first-order chi connectivity index (χ1) is 6.04. The smallest absolute Gasteiger partial charge is 0.314 e. The fraction of sp³-hybridized carbons (Fsp3) is 0.625. The average molecular weight is 186 g/mol. The largest absolute Gasteiger partial charge is 0.481 e. The number of aliphatic carboxylic acids is 2. The first-order valence-corrected chi connectivity index (χ1v) is 4.02. The van der Waals surface area contributed by atoms with Gasteiger partial charge in [-0.2, -0.15) is 0 Å². The second-order valence-corrected chi connectivity index (χ2v) is 3.12. The Morgan fingerprint density at radius 3 is 2.23 bits per heavy atom. The number of hydrogen-bond acceptors (Lipinski definition) is 3. The van der Waals surface area contributed by atoms with E-state index in [1.807, 2.05) is 0 Å². The van der Waals surface area contributed by atoms with Gasteiger partial charge in [0.2, 0.25) is 0 Å². The van der Waals surface area contributed by atoms with Gasteiger partial charge in [0, 0.05) is 6.42 Å². The lowest BCUT2D eigenvalue weighted by Gasteiger charge is -2.23. The van der Waals surface area contributed by atoms with E-state index in [9.17, 15) is 14.4 Å². The molecule has 0 radical (unpaired) electrons. The molecule has 0 spiro atoms. The van der Waals surface area contributed by atoms with Crippen molar-refractivity contribution in [2.24, 2.45) is 11.8 Å². The van der Waals surface area contributed by atoms with E-state index in [0.717, 1.165) is 0 Å². The second-order valence-electron chi connectivity index (χ2n) is 3.12. The Balaban J connectivity index is 2.86. The molecule has 5 heteroatoms. The maximum Gasteiger partial charge on any atom is 0.314 e. The van der Waals surface area contributed by atoms with Gasteiger partial charge in [0.05, 0.1) is 5.92 Å². The minimum Gasteiger partial charge on any atom is -0.481 e. The third kappa shape index (κ3) is 1.85. The molecule has 1 saturated carbocycles. The second kappa shape index (κ2) is 3.55. The van der Waals surface area contributed by atoms with Crippen LogP contribution in [0.25, 0.3) is 0 Å². The fourth-order valence-corrected chi connectivity index (χ4v) is 1.62. The number of ketones is 1. The highest BCUT2D eigenvalue weighted by Gasteiger charge is 2.41. The molecule has 2 atom stereocenters. The molecule has 0 aromatic heterocycles. The zero-order valence-corrected chi connectivity index (χ0v) is 6.90. The van der Waals surface area contributed by atoms with Crippen LogP contribution in [0.4, 0.5) is 0 Å². The van der Waals surface area contributed by atoms with E-state index in [0.29, 0.717) is 6.42 Å². The van der Waals surface area contributed by atoms with Gasteiger partial charge < -0.3 is 10.2 Å². The Bertz CT molecular complexity index is 257. The van der Waals surface area contributed by atoms with E-state index in [1.165, 1.54) is 0 Å². The summed E-state index contributed by atoms with van der Waals surface area (Å²) in [6, 6.07) is 0. The van der Waals surface area contributed by atoms with Crippen LogP contribution < -0.4 is 0 Å². The lowest BCUT2D eigenvalue weighted by molar-refractivity contribution is -0.159.